The van der Waals surface area contributed by atoms with E-state index >= 15 is 0 Å². The molecule has 0 bridgehead atoms. The Morgan fingerprint density at radius 3 is 2.73 bits per heavy atom. The number of carboxylic acids is 1. The molecule has 0 aromatic rings. The number of aliphatic carboxylic acids is 1. The molecule has 0 aliphatic heterocycles. The Balaban J connectivity index is 3.81. The first-order valence-corrected chi connectivity index (χ1v) is 6.27. The molecule has 4 nitrogen and oxygen atoms in total. The van der Waals surface area contributed by atoms with Crippen LogP contribution in [0.4, 0.5) is 0 Å². The molecule has 90 valence electrons. The minimum Gasteiger partial charge on any atom is -0.480 e. The molecule has 1 unspecified atom stereocenters. The van der Waals surface area contributed by atoms with Gasteiger partial charge in [-0.3, -0.25) is 4.79 Å². The lowest BCUT2D eigenvalue weighted by Crippen LogP contribution is -2.51. The van der Waals surface area contributed by atoms with Crippen LogP contribution in [0, 0.1) is 0 Å². The number of carbonyl (C=O) groups is 1. The monoisotopic (exact) mass is 235 g/mol. The van der Waals surface area contributed by atoms with Crippen LogP contribution in [0.25, 0.3) is 0 Å². The van der Waals surface area contributed by atoms with Crippen molar-refractivity contribution in [2.75, 3.05) is 31.8 Å². The summed E-state index contributed by atoms with van der Waals surface area (Å²) in [6.45, 7) is 5.04. The lowest BCUT2D eigenvalue weighted by atomic mass is 10.1. The van der Waals surface area contributed by atoms with Crippen molar-refractivity contribution >= 4 is 17.7 Å². The van der Waals surface area contributed by atoms with E-state index in [-0.39, 0.29) is 0 Å². The maximum atomic E-state index is 11.0. The van der Waals surface area contributed by atoms with Gasteiger partial charge in [0.05, 0.1) is 0 Å². The molecule has 15 heavy (non-hydrogen) atoms. The summed E-state index contributed by atoms with van der Waals surface area (Å²) < 4.78 is 4.92. The second-order valence-electron chi connectivity index (χ2n) is 3.57. The van der Waals surface area contributed by atoms with Crippen molar-refractivity contribution in [2.45, 2.75) is 25.8 Å². The number of nitrogens with one attached hydrogen (secondary N) is 1. The van der Waals surface area contributed by atoms with E-state index in [1.165, 1.54) is 0 Å². The van der Waals surface area contributed by atoms with Crippen molar-refractivity contribution in [3.8, 4) is 0 Å². The maximum Gasteiger partial charge on any atom is 0.324 e. The summed E-state index contributed by atoms with van der Waals surface area (Å²) in [5.41, 5.74) is -0.813. The lowest BCUT2D eigenvalue weighted by molar-refractivity contribution is -0.143. The van der Waals surface area contributed by atoms with Crippen LogP contribution in [0.5, 0.6) is 0 Å². The summed E-state index contributed by atoms with van der Waals surface area (Å²) in [5.74, 6) is 0.728. The number of hydrogen-bond donors (Lipinski definition) is 2. The molecule has 0 saturated carbocycles. The van der Waals surface area contributed by atoms with Gasteiger partial charge < -0.3 is 15.2 Å². The summed E-state index contributed by atoms with van der Waals surface area (Å²) in [6.07, 6.45) is 0.961. The fourth-order valence-electron chi connectivity index (χ4n) is 1.16. The van der Waals surface area contributed by atoms with Crippen LogP contribution >= 0.6 is 11.8 Å². The largest absolute Gasteiger partial charge is 0.480 e. The molecule has 0 fully saturated rings. The van der Waals surface area contributed by atoms with E-state index in [4.69, 9.17) is 9.84 Å². The molecule has 0 saturated heterocycles. The summed E-state index contributed by atoms with van der Waals surface area (Å²) in [4.78, 5) is 11.0. The third kappa shape index (κ3) is 6.02. The van der Waals surface area contributed by atoms with Crippen LogP contribution in [0.1, 0.15) is 20.3 Å². The average Bonchev–Trinajstić information content (AvgIpc) is 2.18. The van der Waals surface area contributed by atoms with Crippen LogP contribution in [0.3, 0.4) is 0 Å². The zero-order valence-electron chi connectivity index (χ0n) is 9.71. The minimum absolute atomic E-state index is 0.583. The van der Waals surface area contributed by atoms with Crippen molar-refractivity contribution in [3.05, 3.63) is 0 Å². The van der Waals surface area contributed by atoms with Gasteiger partial charge in [-0.05, 0) is 25.6 Å². The quantitative estimate of drug-likeness (QED) is 0.588. The van der Waals surface area contributed by atoms with Gasteiger partial charge in [0.1, 0.15) is 5.54 Å². The molecule has 0 radical (unpaired) electrons. The molecule has 2 N–H and O–H groups in total. The van der Waals surface area contributed by atoms with Crippen LogP contribution in [0.2, 0.25) is 0 Å². The van der Waals surface area contributed by atoms with Crippen molar-refractivity contribution in [1.29, 1.82) is 0 Å². The van der Waals surface area contributed by atoms with Gasteiger partial charge in [0.15, 0.2) is 0 Å². The number of carboxylic acid groups (broad SMARTS) is 1. The molecule has 0 aromatic carbocycles. The second kappa shape index (κ2) is 7.96. The first kappa shape index (κ1) is 14.7. The fraction of sp³-hybridized carbons (Fsp3) is 0.900. The normalized spacial score (nSPS) is 14.9. The molecular weight excluding hydrogens is 214 g/mol. The number of hydrogen-bond acceptors (Lipinski definition) is 4. The van der Waals surface area contributed by atoms with Crippen molar-refractivity contribution in [1.82, 2.24) is 5.32 Å². The Hall–Kier alpha value is -0.260. The number of ether oxygens (including phenoxy) is 1. The van der Waals surface area contributed by atoms with Crippen LogP contribution in [0.15, 0.2) is 0 Å². The Bertz CT molecular complexity index is 190. The van der Waals surface area contributed by atoms with Crippen LogP contribution in [-0.4, -0.2) is 48.4 Å². The highest BCUT2D eigenvalue weighted by molar-refractivity contribution is 7.99. The predicted octanol–water partition coefficient (Wildman–Crippen LogP) is 1.21. The standard InChI is InChI=1S/C10H21NO3S/c1-4-11-10(2,9(12)13)8-15-7-5-6-14-3/h11H,4-8H2,1-3H3,(H,12,13). The Morgan fingerprint density at radius 2 is 2.27 bits per heavy atom. The maximum absolute atomic E-state index is 11.0. The van der Waals surface area contributed by atoms with Gasteiger partial charge in [0.2, 0.25) is 0 Å². The molecule has 0 heterocycles. The number of likely N-dealkylation sites (N-methyl/N-ethyl adjacent to an activating group) is 1. The number of thioether (sulfide) groups is 1. The summed E-state index contributed by atoms with van der Waals surface area (Å²) in [7, 11) is 1.67. The van der Waals surface area contributed by atoms with Crippen molar-refractivity contribution in [3.63, 3.8) is 0 Å². The zero-order chi connectivity index (χ0) is 11.7. The van der Waals surface area contributed by atoms with Crippen molar-refractivity contribution in [2.24, 2.45) is 0 Å². The predicted molar refractivity (Wildman–Crippen MR) is 63.5 cm³/mol. The van der Waals surface area contributed by atoms with Gasteiger partial charge in [-0.2, -0.15) is 11.8 Å². The zero-order valence-corrected chi connectivity index (χ0v) is 10.5. The fourth-order valence-corrected chi connectivity index (χ4v) is 2.26. The van der Waals surface area contributed by atoms with Crippen molar-refractivity contribution < 1.29 is 14.6 Å². The highest BCUT2D eigenvalue weighted by Gasteiger charge is 2.31. The third-order valence-corrected chi connectivity index (χ3v) is 3.43. The Morgan fingerprint density at radius 1 is 1.60 bits per heavy atom. The highest BCUT2D eigenvalue weighted by atomic mass is 32.2. The van der Waals surface area contributed by atoms with E-state index in [9.17, 15) is 4.79 Å². The van der Waals surface area contributed by atoms with Gasteiger partial charge in [-0.1, -0.05) is 6.92 Å². The van der Waals surface area contributed by atoms with E-state index in [0.29, 0.717) is 12.3 Å². The summed E-state index contributed by atoms with van der Waals surface area (Å²) >= 11 is 1.65. The molecule has 0 aromatic heterocycles. The highest BCUT2D eigenvalue weighted by Crippen LogP contribution is 2.14. The smallest absolute Gasteiger partial charge is 0.324 e. The van der Waals surface area contributed by atoms with E-state index in [1.54, 1.807) is 25.8 Å². The van der Waals surface area contributed by atoms with E-state index < -0.39 is 11.5 Å². The van der Waals surface area contributed by atoms with Crippen LogP contribution in [-0.2, 0) is 9.53 Å². The molecule has 0 amide bonds. The molecule has 0 rings (SSSR count). The first-order valence-electron chi connectivity index (χ1n) is 5.12. The van der Waals surface area contributed by atoms with Gasteiger partial charge in [-0.15, -0.1) is 0 Å². The van der Waals surface area contributed by atoms with Gasteiger partial charge in [0, 0.05) is 19.5 Å². The van der Waals surface area contributed by atoms with E-state index in [2.05, 4.69) is 5.32 Å². The molecular formula is C10H21NO3S. The lowest BCUT2D eigenvalue weighted by Gasteiger charge is -2.25. The Labute approximate surface area is 95.8 Å². The SMILES string of the molecule is CCNC(C)(CSCCCOC)C(=O)O. The summed E-state index contributed by atoms with van der Waals surface area (Å²) in [5, 5.41) is 12.1. The van der Waals surface area contributed by atoms with Gasteiger partial charge in [-0.25, -0.2) is 0 Å². The topological polar surface area (TPSA) is 58.6 Å². The molecule has 1 atom stereocenters. The van der Waals surface area contributed by atoms with E-state index in [1.807, 2.05) is 6.92 Å². The van der Waals surface area contributed by atoms with Crippen LogP contribution < -0.4 is 5.32 Å². The number of rotatable bonds is 9. The Kier molecular flexibility index (Phi) is 7.82. The molecule has 0 aliphatic rings. The minimum atomic E-state index is -0.813. The van der Waals surface area contributed by atoms with Gasteiger partial charge >= 0.3 is 5.97 Å². The molecule has 5 heteroatoms. The third-order valence-electron chi connectivity index (χ3n) is 2.07. The average molecular weight is 235 g/mol. The second-order valence-corrected chi connectivity index (χ2v) is 4.67. The number of methoxy groups -OCH3 is 1. The molecule has 0 aliphatic carbocycles. The molecule has 0 spiro atoms. The summed E-state index contributed by atoms with van der Waals surface area (Å²) in [6, 6.07) is 0. The van der Waals surface area contributed by atoms with E-state index in [0.717, 1.165) is 18.8 Å². The first-order chi connectivity index (χ1) is 7.06. The van der Waals surface area contributed by atoms with Gasteiger partial charge in [0.25, 0.3) is 0 Å².